The quantitative estimate of drug-likeness (QED) is 0.0963. The molecule has 5 aromatic rings. The van der Waals surface area contributed by atoms with Crippen LogP contribution in [0.4, 0.5) is 10.1 Å². The monoisotopic (exact) mass is 749 g/mol. The molecule has 0 saturated carbocycles. The Labute approximate surface area is 316 Å². The second-order valence-corrected chi connectivity index (χ2v) is 13.6. The number of anilines is 1. The van der Waals surface area contributed by atoms with Crippen LogP contribution >= 0.6 is 0 Å². The third kappa shape index (κ3) is 8.09. The van der Waals surface area contributed by atoms with Crippen molar-refractivity contribution < 1.29 is 53.7 Å². The van der Waals surface area contributed by atoms with E-state index in [0.29, 0.717) is 34.5 Å². The molecule has 11 nitrogen and oxygen atoms in total. The lowest BCUT2D eigenvalue weighted by Gasteiger charge is -2.48. The Hall–Kier alpha value is -5.63. The number of β-lactam (4-membered cyclic amide) rings is 1. The highest BCUT2D eigenvalue weighted by atomic mass is 19.1. The molecule has 2 aliphatic heterocycles. The smallest absolute Gasteiger partial charge is 0.335 e. The van der Waals surface area contributed by atoms with Gasteiger partial charge in [0, 0.05) is 11.3 Å². The normalized spacial score (nSPS) is 24.1. The molecule has 2 heterocycles. The van der Waals surface area contributed by atoms with Crippen LogP contribution in [0.25, 0.3) is 11.1 Å². The van der Waals surface area contributed by atoms with Crippen molar-refractivity contribution in [1.82, 2.24) is 0 Å². The van der Waals surface area contributed by atoms with E-state index < -0.39 is 60.6 Å². The fourth-order valence-electron chi connectivity index (χ4n) is 7.10. The van der Waals surface area contributed by atoms with Crippen LogP contribution in [-0.2, 0) is 20.9 Å². The number of aliphatic hydroxyl groups excluding tert-OH is 4. The van der Waals surface area contributed by atoms with E-state index in [0.717, 1.165) is 11.1 Å². The van der Waals surface area contributed by atoms with Crippen molar-refractivity contribution in [2.75, 3.05) is 4.90 Å². The van der Waals surface area contributed by atoms with Gasteiger partial charge in [-0.2, -0.15) is 0 Å². The Balaban J connectivity index is 1.21. The van der Waals surface area contributed by atoms with Crippen LogP contribution in [0.5, 0.6) is 11.5 Å². The number of carboxylic acids is 1. The number of benzene rings is 5. The number of nitrogens with zero attached hydrogens (tertiary/aromatic N) is 1. The van der Waals surface area contributed by atoms with E-state index in [-0.39, 0.29) is 24.7 Å². The molecule has 55 heavy (non-hydrogen) atoms. The summed E-state index contributed by atoms with van der Waals surface area (Å²) in [6, 6.07) is 36.6. The van der Waals surface area contributed by atoms with Crippen molar-refractivity contribution in [3.05, 3.63) is 150 Å². The molecule has 12 heteroatoms. The summed E-state index contributed by atoms with van der Waals surface area (Å²) in [6.07, 6.45) is -9.06. The third-order valence-corrected chi connectivity index (χ3v) is 10.1. The number of halogens is 1. The van der Waals surface area contributed by atoms with E-state index in [4.69, 9.17) is 14.2 Å². The predicted octanol–water partition coefficient (Wildman–Crippen LogP) is 5.56. The minimum absolute atomic E-state index is 0.0969. The number of ether oxygens (including phenoxy) is 3. The molecule has 1 amide bonds. The number of carbonyl (C=O) groups excluding carboxylic acids is 1. The second-order valence-electron chi connectivity index (χ2n) is 13.6. The van der Waals surface area contributed by atoms with E-state index >= 15 is 0 Å². The first-order chi connectivity index (χ1) is 26.6. The molecular formula is C43H40FNO10. The maximum absolute atomic E-state index is 13.9. The Morgan fingerprint density at radius 1 is 0.800 bits per heavy atom. The van der Waals surface area contributed by atoms with Crippen molar-refractivity contribution in [2.45, 2.75) is 62.3 Å². The van der Waals surface area contributed by atoms with Gasteiger partial charge in [0.2, 0.25) is 12.2 Å². The van der Waals surface area contributed by atoms with Gasteiger partial charge in [-0.25, -0.2) is 9.18 Å². The topological polar surface area (TPSA) is 166 Å². The standard InChI is InChI=1S/C43H40FNO10/c44-29-17-14-26(15-18-29)34(46)21-20-33-36(45(41(33)50)30-11-5-2-6-12-30)32-19-16-28(23-35(32)53-24-25-8-3-1-4-9-25)27-10-7-13-31(22-27)54-43-39(49)37(47)38(48)40(55-43)42(51)52/h1-19,22-23,33-34,36-40,43,46-49H,20-21,24H2,(H,51,52)/t33-,34+,36-,37+,38+,39-,40+,43?/m1/s1. The van der Waals surface area contributed by atoms with Crippen molar-refractivity contribution in [3.8, 4) is 22.6 Å². The van der Waals surface area contributed by atoms with Gasteiger partial charge in [0.25, 0.3) is 0 Å². The minimum Gasteiger partial charge on any atom is -0.489 e. The number of aliphatic carboxylic acids is 1. The zero-order valence-corrected chi connectivity index (χ0v) is 29.5. The lowest BCUT2D eigenvalue weighted by molar-refractivity contribution is -0.271. The maximum atomic E-state index is 13.9. The van der Waals surface area contributed by atoms with Gasteiger partial charge in [0.05, 0.1) is 18.1 Å². The first-order valence-electron chi connectivity index (χ1n) is 17.9. The molecule has 1 unspecified atom stereocenters. The Bertz CT molecular complexity index is 2100. The molecule has 7 rings (SSSR count). The average molecular weight is 750 g/mol. The average Bonchev–Trinajstić information content (AvgIpc) is 3.20. The first-order valence-corrected chi connectivity index (χ1v) is 17.9. The van der Waals surface area contributed by atoms with Crippen molar-refractivity contribution in [1.29, 1.82) is 0 Å². The highest BCUT2D eigenvalue weighted by Crippen LogP contribution is 2.49. The largest absolute Gasteiger partial charge is 0.489 e. The molecule has 0 spiro atoms. The summed E-state index contributed by atoms with van der Waals surface area (Å²) >= 11 is 0. The van der Waals surface area contributed by atoms with Crippen LogP contribution in [0.15, 0.2) is 127 Å². The molecule has 5 aromatic carbocycles. The SMILES string of the molecule is O=C(O)[C@H]1OC(Oc2cccc(-c3ccc([C@@H]4[C@@H](CC[C@H](O)c5ccc(F)cc5)C(=O)N4c4ccccc4)c(OCc4ccccc4)c3)c2)[C@H](O)[C@@H](O)[C@@H]1O. The molecule has 2 aliphatic rings. The number of para-hydroxylation sites is 1. The van der Waals surface area contributed by atoms with Crippen molar-refractivity contribution >= 4 is 17.6 Å². The van der Waals surface area contributed by atoms with Gasteiger partial charge in [-0.1, -0.05) is 84.9 Å². The summed E-state index contributed by atoms with van der Waals surface area (Å²) in [6.45, 7) is 0.232. The highest BCUT2D eigenvalue weighted by molar-refractivity contribution is 6.03. The van der Waals surface area contributed by atoms with Gasteiger partial charge in [-0.05, 0) is 77.6 Å². The van der Waals surface area contributed by atoms with Crippen molar-refractivity contribution in [2.24, 2.45) is 5.92 Å². The zero-order valence-electron chi connectivity index (χ0n) is 29.5. The minimum atomic E-state index is -1.85. The Morgan fingerprint density at radius 2 is 1.49 bits per heavy atom. The summed E-state index contributed by atoms with van der Waals surface area (Å²) in [5.74, 6) is -1.80. The van der Waals surface area contributed by atoms with Crippen LogP contribution in [0, 0.1) is 11.7 Å². The summed E-state index contributed by atoms with van der Waals surface area (Å²) in [4.78, 5) is 27.2. The number of carboxylic acid groups (broad SMARTS) is 1. The molecule has 5 N–H and O–H groups in total. The molecular weight excluding hydrogens is 709 g/mol. The molecule has 2 fully saturated rings. The van der Waals surface area contributed by atoms with Crippen molar-refractivity contribution in [3.63, 3.8) is 0 Å². The van der Waals surface area contributed by atoms with E-state index in [1.165, 1.54) is 24.3 Å². The molecule has 0 aromatic heterocycles. The van der Waals surface area contributed by atoms with Crippen LogP contribution < -0.4 is 14.4 Å². The van der Waals surface area contributed by atoms with E-state index in [2.05, 4.69) is 0 Å². The number of hydrogen-bond donors (Lipinski definition) is 5. The third-order valence-electron chi connectivity index (χ3n) is 10.1. The molecule has 284 valence electrons. The lowest BCUT2D eigenvalue weighted by atomic mass is 9.77. The number of aliphatic hydroxyl groups is 4. The van der Waals surface area contributed by atoms with Crippen LogP contribution in [0.2, 0.25) is 0 Å². The Kier molecular flexibility index (Phi) is 11.2. The lowest BCUT2D eigenvalue weighted by Crippen LogP contribution is -2.61. The fourth-order valence-corrected chi connectivity index (χ4v) is 7.10. The van der Waals surface area contributed by atoms with Gasteiger partial charge < -0.3 is 44.6 Å². The van der Waals surface area contributed by atoms with Gasteiger partial charge in [0.1, 0.15) is 42.2 Å². The van der Waals surface area contributed by atoms with Crippen LogP contribution in [0.3, 0.4) is 0 Å². The Morgan fingerprint density at radius 3 is 2.20 bits per heavy atom. The van der Waals surface area contributed by atoms with Crippen LogP contribution in [-0.4, -0.2) is 68.1 Å². The number of rotatable bonds is 13. The summed E-state index contributed by atoms with van der Waals surface area (Å²) in [5, 5.41) is 51.3. The predicted molar refractivity (Wildman–Crippen MR) is 198 cm³/mol. The van der Waals surface area contributed by atoms with Gasteiger partial charge in [-0.15, -0.1) is 0 Å². The summed E-state index contributed by atoms with van der Waals surface area (Å²) in [7, 11) is 0. The molecule has 0 radical (unpaired) electrons. The molecule has 0 aliphatic carbocycles. The van der Waals surface area contributed by atoms with E-state index in [1.807, 2.05) is 84.9 Å². The summed E-state index contributed by atoms with van der Waals surface area (Å²) in [5.41, 5.74) is 4.33. The maximum Gasteiger partial charge on any atom is 0.335 e. The van der Waals surface area contributed by atoms with Gasteiger partial charge in [-0.3, -0.25) is 4.79 Å². The number of carbonyl (C=O) groups is 2. The van der Waals surface area contributed by atoms with Gasteiger partial charge >= 0.3 is 5.97 Å². The first kappa shape index (κ1) is 37.7. The van der Waals surface area contributed by atoms with Gasteiger partial charge in [0.15, 0.2) is 6.10 Å². The highest BCUT2D eigenvalue weighted by Gasteiger charge is 2.50. The van der Waals surface area contributed by atoms with Crippen LogP contribution in [0.1, 0.15) is 41.7 Å². The number of hydrogen-bond acceptors (Lipinski definition) is 9. The molecule has 0 bridgehead atoms. The molecule has 8 atom stereocenters. The van der Waals surface area contributed by atoms with E-state index in [1.54, 1.807) is 23.1 Å². The van der Waals surface area contributed by atoms with E-state index in [9.17, 15) is 39.5 Å². The number of amides is 1. The second kappa shape index (κ2) is 16.4. The molecule has 2 saturated heterocycles. The fraction of sp³-hybridized carbons (Fsp3) is 0.256. The summed E-state index contributed by atoms with van der Waals surface area (Å²) < 4.78 is 31.2. The zero-order chi connectivity index (χ0) is 38.6.